The Morgan fingerprint density at radius 1 is 1.23 bits per heavy atom. The Bertz CT molecular complexity index is 711. The molecule has 0 aromatic carbocycles. The minimum atomic E-state index is -3.62. The molecule has 0 fully saturated rings. The van der Waals surface area contributed by atoms with Gasteiger partial charge in [0.05, 0.1) is 13.1 Å². The average molecular weight is 472 g/mol. The van der Waals surface area contributed by atoms with Crippen LogP contribution in [0.4, 0.5) is 0 Å². The molecule has 0 aliphatic heterocycles. The van der Waals surface area contributed by atoms with E-state index in [-0.39, 0.29) is 28.2 Å². The van der Waals surface area contributed by atoms with Crippen molar-refractivity contribution in [3.8, 4) is 0 Å². The van der Waals surface area contributed by atoms with Crippen molar-refractivity contribution in [2.75, 3.05) is 7.05 Å². The fraction of sp³-hybridized carbons (Fsp3) is 0.250. The number of nitrogens with one attached hydrogen (secondary N) is 2. The van der Waals surface area contributed by atoms with Crippen molar-refractivity contribution in [2.24, 2.45) is 10.1 Å². The Morgan fingerprint density at radius 2 is 1.91 bits per heavy atom. The maximum Gasteiger partial charge on any atom is 0.247 e. The Kier molecular flexibility index (Phi) is 7.76. The summed E-state index contributed by atoms with van der Waals surface area (Å²) < 4.78 is 22.6. The van der Waals surface area contributed by atoms with Crippen LogP contribution >= 0.6 is 46.7 Å². The Hall–Kier alpha value is -0.690. The van der Waals surface area contributed by atoms with Gasteiger partial charge in [0.1, 0.15) is 4.21 Å². The molecular formula is C12H17IN4O2S3. The molecule has 0 unspecified atom stereocenters. The number of thiophene rings is 2. The van der Waals surface area contributed by atoms with E-state index in [1.807, 2.05) is 17.5 Å². The summed E-state index contributed by atoms with van der Waals surface area (Å²) in [7, 11) is -1.93. The molecule has 0 bridgehead atoms. The summed E-state index contributed by atoms with van der Waals surface area (Å²) in [6.45, 7) is 1.19. The fourth-order valence-corrected chi connectivity index (χ4v) is 3.94. The second kappa shape index (κ2) is 8.82. The second-order valence-electron chi connectivity index (χ2n) is 4.12. The van der Waals surface area contributed by atoms with Crippen LogP contribution in [0.1, 0.15) is 9.75 Å². The molecule has 2 aromatic rings. The highest BCUT2D eigenvalue weighted by molar-refractivity contribution is 14.0. The minimum absolute atomic E-state index is 0. The predicted molar refractivity (Wildman–Crippen MR) is 102 cm³/mol. The van der Waals surface area contributed by atoms with Crippen molar-refractivity contribution in [3.05, 3.63) is 39.4 Å². The highest BCUT2D eigenvalue weighted by atomic mass is 127. The third kappa shape index (κ3) is 5.83. The van der Waals surface area contributed by atoms with E-state index in [0.29, 0.717) is 19.0 Å². The Morgan fingerprint density at radius 3 is 2.41 bits per heavy atom. The quantitative estimate of drug-likeness (QED) is 0.352. The van der Waals surface area contributed by atoms with Gasteiger partial charge in [-0.05, 0) is 23.6 Å². The van der Waals surface area contributed by atoms with E-state index in [1.54, 1.807) is 24.5 Å². The monoisotopic (exact) mass is 472 g/mol. The number of aliphatic imine (C=N–C) groups is 1. The van der Waals surface area contributed by atoms with E-state index in [9.17, 15) is 8.42 Å². The summed E-state index contributed by atoms with van der Waals surface area (Å²) in [6, 6.07) is 7.30. The normalized spacial score (nSPS) is 11.8. The van der Waals surface area contributed by atoms with Crippen LogP contribution in [0.3, 0.4) is 0 Å². The average Bonchev–Trinajstić information content (AvgIpc) is 3.09. The summed E-state index contributed by atoms with van der Waals surface area (Å²) >= 11 is 2.82. The van der Waals surface area contributed by atoms with Crippen LogP contribution in [0, 0.1) is 0 Å². The summed E-state index contributed by atoms with van der Waals surface area (Å²) in [5.74, 6) is 0.661. The number of halogens is 1. The van der Waals surface area contributed by atoms with Crippen molar-refractivity contribution in [2.45, 2.75) is 17.3 Å². The van der Waals surface area contributed by atoms with Crippen LogP contribution in [-0.4, -0.2) is 21.4 Å². The molecule has 0 spiro atoms. The van der Waals surface area contributed by atoms with Crippen LogP contribution in [0.25, 0.3) is 0 Å². The first-order valence-corrected chi connectivity index (χ1v) is 9.31. The molecule has 122 valence electrons. The molecule has 2 heterocycles. The van der Waals surface area contributed by atoms with Crippen LogP contribution in [0.5, 0.6) is 0 Å². The number of nitrogens with zero attached hydrogens (tertiary/aromatic N) is 1. The molecule has 0 saturated heterocycles. The maximum atomic E-state index is 11.2. The minimum Gasteiger partial charge on any atom is -0.352 e. The third-order valence-corrected chi connectivity index (χ3v) is 5.98. The number of primary sulfonamides is 1. The van der Waals surface area contributed by atoms with Crippen molar-refractivity contribution in [3.63, 3.8) is 0 Å². The molecule has 2 rings (SSSR count). The lowest BCUT2D eigenvalue weighted by Crippen LogP contribution is -2.35. The topological polar surface area (TPSA) is 96.6 Å². The zero-order valence-electron chi connectivity index (χ0n) is 11.8. The first-order valence-electron chi connectivity index (χ1n) is 6.07. The molecular weight excluding hydrogens is 455 g/mol. The smallest absolute Gasteiger partial charge is 0.247 e. The van der Waals surface area contributed by atoms with Crippen LogP contribution in [0.15, 0.2) is 38.8 Å². The third-order valence-electron chi connectivity index (χ3n) is 2.58. The highest BCUT2D eigenvalue weighted by Crippen LogP contribution is 2.19. The number of sulfonamides is 1. The van der Waals surface area contributed by atoms with Gasteiger partial charge < -0.3 is 10.6 Å². The van der Waals surface area contributed by atoms with Crippen LogP contribution < -0.4 is 15.8 Å². The summed E-state index contributed by atoms with van der Waals surface area (Å²) in [5, 5.41) is 13.4. The Labute approximate surface area is 154 Å². The van der Waals surface area contributed by atoms with E-state index < -0.39 is 10.0 Å². The molecule has 0 aliphatic carbocycles. The molecule has 0 saturated carbocycles. The van der Waals surface area contributed by atoms with Crippen LogP contribution in [-0.2, 0) is 23.1 Å². The van der Waals surface area contributed by atoms with Crippen molar-refractivity contribution in [1.29, 1.82) is 0 Å². The van der Waals surface area contributed by atoms with E-state index in [2.05, 4.69) is 15.6 Å². The summed E-state index contributed by atoms with van der Waals surface area (Å²) in [6.07, 6.45) is 0. The van der Waals surface area contributed by atoms with Gasteiger partial charge in [0, 0.05) is 16.8 Å². The van der Waals surface area contributed by atoms with E-state index >= 15 is 0 Å². The number of hydrogen-bond acceptors (Lipinski definition) is 5. The fourth-order valence-electron chi connectivity index (χ4n) is 1.58. The first-order chi connectivity index (χ1) is 9.99. The van der Waals surface area contributed by atoms with Crippen molar-refractivity contribution < 1.29 is 8.42 Å². The summed E-state index contributed by atoms with van der Waals surface area (Å²) in [5.41, 5.74) is 0. The largest absolute Gasteiger partial charge is 0.352 e. The van der Waals surface area contributed by atoms with Gasteiger partial charge in [0.25, 0.3) is 0 Å². The molecule has 0 atom stereocenters. The number of guanidine groups is 1. The van der Waals surface area contributed by atoms with Gasteiger partial charge in [-0.1, -0.05) is 6.07 Å². The molecule has 10 heteroatoms. The number of hydrogen-bond donors (Lipinski definition) is 3. The SMILES string of the molecule is CN=C(NCc1cccs1)NCc1ccc(S(N)(=O)=O)s1.I. The molecule has 6 nitrogen and oxygen atoms in total. The lowest BCUT2D eigenvalue weighted by Gasteiger charge is -2.10. The van der Waals surface area contributed by atoms with Gasteiger partial charge in [0.15, 0.2) is 5.96 Å². The highest BCUT2D eigenvalue weighted by Gasteiger charge is 2.11. The number of nitrogens with two attached hydrogens (primary N) is 1. The first kappa shape index (κ1) is 19.4. The van der Waals surface area contributed by atoms with Gasteiger partial charge in [-0.2, -0.15) is 0 Å². The Balaban J connectivity index is 0.00000242. The van der Waals surface area contributed by atoms with Crippen LogP contribution in [0.2, 0.25) is 0 Å². The van der Waals surface area contributed by atoms with Gasteiger partial charge in [0.2, 0.25) is 10.0 Å². The van der Waals surface area contributed by atoms with Gasteiger partial charge in [-0.15, -0.1) is 46.7 Å². The second-order valence-corrected chi connectivity index (χ2v) is 8.11. The van der Waals surface area contributed by atoms with E-state index in [0.717, 1.165) is 16.2 Å². The molecule has 4 N–H and O–H groups in total. The lowest BCUT2D eigenvalue weighted by molar-refractivity contribution is 0.600. The predicted octanol–water partition coefficient (Wildman–Crippen LogP) is 1.94. The standard InChI is InChI=1S/C12H16N4O2S3.HI/c1-14-12(15-7-9-3-2-6-19-9)16-8-10-4-5-11(20-10)21(13,17)18;/h2-6H,7-8H2,1H3,(H2,13,17,18)(H2,14,15,16);1H. The lowest BCUT2D eigenvalue weighted by atomic mass is 10.4. The number of rotatable bonds is 5. The molecule has 2 aromatic heterocycles. The zero-order chi connectivity index (χ0) is 15.3. The molecule has 0 radical (unpaired) electrons. The molecule has 0 aliphatic rings. The van der Waals surface area contributed by atoms with Gasteiger partial charge in [-0.25, -0.2) is 13.6 Å². The maximum absolute atomic E-state index is 11.2. The van der Waals surface area contributed by atoms with Gasteiger partial charge >= 0.3 is 0 Å². The van der Waals surface area contributed by atoms with Crippen molar-refractivity contribution in [1.82, 2.24) is 10.6 Å². The molecule has 22 heavy (non-hydrogen) atoms. The van der Waals surface area contributed by atoms with Gasteiger partial charge in [-0.3, -0.25) is 4.99 Å². The van der Waals surface area contributed by atoms with Crippen molar-refractivity contribution >= 4 is 62.6 Å². The summed E-state index contributed by atoms with van der Waals surface area (Å²) in [4.78, 5) is 6.21. The molecule has 0 amide bonds. The zero-order valence-corrected chi connectivity index (χ0v) is 16.6. The van der Waals surface area contributed by atoms with E-state index in [1.165, 1.54) is 10.9 Å². The van der Waals surface area contributed by atoms with E-state index in [4.69, 9.17) is 5.14 Å².